The maximum Gasteiger partial charge on any atom is 0.248 e. The minimum absolute atomic E-state index is 0.161. The molecule has 1 fully saturated rings. The fourth-order valence-electron chi connectivity index (χ4n) is 3.27. The molecule has 1 aromatic rings. The molecule has 0 amide bonds. The molecule has 0 aromatic carbocycles. The Balaban J connectivity index is 1.92. The van der Waals surface area contributed by atoms with Crippen LogP contribution in [0.2, 0.25) is 0 Å². The summed E-state index contributed by atoms with van der Waals surface area (Å²) in [5.41, 5.74) is 0. The lowest BCUT2D eigenvalue weighted by Crippen LogP contribution is -2.45. The molecule has 1 aliphatic rings. The van der Waals surface area contributed by atoms with Crippen LogP contribution >= 0.6 is 0 Å². The van der Waals surface area contributed by atoms with Crippen molar-refractivity contribution in [3.63, 3.8) is 0 Å². The van der Waals surface area contributed by atoms with Gasteiger partial charge < -0.3 is 19.9 Å². The quantitative estimate of drug-likeness (QED) is 0.553. The largest absolute Gasteiger partial charge is 0.371 e. The van der Waals surface area contributed by atoms with E-state index in [2.05, 4.69) is 39.6 Å². The van der Waals surface area contributed by atoms with Crippen molar-refractivity contribution in [3.05, 3.63) is 11.7 Å². The van der Waals surface area contributed by atoms with Crippen LogP contribution in [-0.2, 0) is 11.3 Å². The molecule has 1 heterocycles. The lowest BCUT2D eigenvalue weighted by atomic mass is 9.84. The average Bonchev–Trinajstić information content (AvgIpc) is 3.09. The zero-order chi connectivity index (χ0) is 18.1. The van der Waals surface area contributed by atoms with E-state index in [0.717, 1.165) is 18.4 Å². The summed E-state index contributed by atoms with van der Waals surface area (Å²) < 4.78 is 10.8. The zero-order valence-electron chi connectivity index (χ0n) is 16.0. The number of hydrogen-bond donors (Lipinski definition) is 2. The van der Waals surface area contributed by atoms with E-state index in [4.69, 9.17) is 9.26 Å². The maximum atomic E-state index is 5.48. The number of ether oxygens (including phenoxy) is 1. The fourth-order valence-corrected chi connectivity index (χ4v) is 3.27. The van der Waals surface area contributed by atoms with Gasteiger partial charge >= 0.3 is 0 Å². The van der Waals surface area contributed by atoms with Crippen LogP contribution in [0.15, 0.2) is 9.52 Å². The normalized spacial score (nSPS) is 22.6. The first-order chi connectivity index (χ1) is 12.2. The second-order valence-electron chi connectivity index (χ2n) is 6.62. The van der Waals surface area contributed by atoms with Crippen molar-refractivity contribution in [1.29, 1.82) is 0 Å². The number of aromatic nitrogens is 2. The first-order valence-electron chi connectivity index (χ1n) is 9.65. The van der Waals surface area contributed by atoms with Gasteiger partial charge in [0.05, 0.1) is 0 Å². The Morgan fingerprint density at radius 2 is 2.20 bits per heavy atom. The molecule has 142 valence electrons. The van der Waals surface area contributed by atoms with Crippen molar-refractivity contribution < 1.29 is 9.26 Å². The SMILES string of the molecule is CCNC(=NCc1nc(C(C)OCC)no1)NC1CCCC(CC)C1. The summed E-state index contributed by atoms with van der Waals surface area (Å²) in [6.45, 7) is 10.0. The molecule has 3 atom stereocenters. The highest BCUT2D eigenvalue weighted by molar-refractivity contribution is 5.80. The molecule has 1 aliphatic carbocycles. The molecule has 0 saturated heterocycles. The summed E-state index contributed by atoms with van der Waals surface area (Å²) in [6.07, 6.45) is 6.17. The minimum Gasteiger partial charge on any atom is -0.371 e. The van der Waals surface area contributed by atoms with Crippen LogP contribution in [0, 0.1) is 5.92 Å². The third-order valence-corrected chi connectivity index (χ3v) is 4.68. The minimum atomic E-state index is -0.161. The maximum absolute atomic E-state index is 5.48. The molecule has 0 bridgehead atoms. The van der Waals surface area contributed by atoms with E-state index in [1.165, 1.54) is 32.1 Å². The van der Waals surface area contributed by atoms with Gasteiger partial charge in [0.25, 0.3) is 0 Å². The molecule has 7 heteroatoms. The van der Waals surface area contributed by atoms with Crippen LogP contribution in [0.4, 0.5) is 0 Å². The molecule has 0 spiro atoms. The van der Waals surface area contributed by atoms with Crippen molar-refractivity contribution in [2.45, 2.75) is 78.5 Å². The van der Waals surface area contributed by atoms with Crippen LogP contribution in [0.3, 0.4) is 0 Å². The zero-order valence-corrected chi connectivity index (χ0v) is 16.0. The fraction of sp³-hybridized carbons (Fsp3) is 0.833. The number of aliphatic imine (C=N–C) groups is 1. The number of nitrogens with one attached hydrogen (secondary N) is 2. The molecular weight excluding hydrogens is 318 g/mol. The van der Waals surface area contributed by atoms with E-state index < -0.39 is 0 Å². The van der Waals surface area contributed by atoms with Gasteiger partial charge in [0, 0.05) is 19.2 Å². The summed E-state index contributed by atoms with van der Waals surface area (Å²) in [4.78, 5) is 8.97. The number of rotatable bonds is 8. The number of hydrogen-bond acceptors (Lipinski definition) is 5. The van der Waals surface area contributed by atoms with Crippen molar-refractivity contribution in [2.24, 2.45) is 10.9 Å². The standard InChI is InChI=1S/C18H33N5O2/c1-5-14-9-8-10-15(11-14)21-18(19-6-2)20-12-16-22-17(23-25-16)13(4)24-7-3/h13-15H,5-12H2,1-4H3,(H2,19,20,21). The first kappa shape index (κ1) is 19.7. The topological polar surface area (TPSA) is 84.6 Å². The van der Waals surface area contributed by atoms with Crippen LogP contribution in [-0.4, -0.2) is 35.3 Å². The molecule has 3 unspecified atom stereocenters. The van der Waals surface area contributed by atoms with Gasteiger partial charge in [-0.05, 0) is 39.5 Å². The monoisotopic (exact) mass is 351 g/mol. The van der Waals surface area contributed by atoms with Crippen LogP contribution in [0.1, 0.15) is 77.6 Å². The van der Waals surface area contributed by atoms with Gasteiger partial charge in [-0.15, -0.1) is 0 Å². The number of guanidine groups is 1. The van der Waals surface area contributed by atoms with Gasteiger partial charge in [0.2, 0.25) is 5.89 Å². The Morgan fingerprint density at radius 3 is 2.92 bits per heavy atom. The Bertz CT molecular complexity index is 531. The van der Waals surface area contributed by atoms with E-state index in [9.17, 15) is 0 Å². The van der Waals surface area contributed by atoms with Crippen LogP contribution in [0.25, 0.3) is 0 Å². The highest BCUT2D eigenvalue weighted by Gasteiger charge is 2.21. The molecule has 0 radical (unpaired) electrons. The van der Waals surface area contributed by atoms with Gasteiger partial charge in [-0.3, -0.25) is 0 Å². The predicted molar refractivity (Wildman–Crippen MR) is 98.3 cm³/mol. The highest BCUT2D eigenvalue weighted by Crippen LogP contribution is 2.26. The second-order valence-corrected chi connectivity index (χ2v) is 6.62. The third-order valence-electron chi connectivity index (χ3n) is 4.68. The van der Waals surface area contributed by atoms with E-state index in [0.29, 0.717) is 30.9 Å². The Hall–Kier alpha value is -1.63. The second kappa shape index (κ2) is 10.4. The van der Waals surface area contributed by atoms with E-state index in [-0.39, 0.29) is 6.10 Å². The Labute approximate surface area is 151 Å². The van der Waals surface area contributed by atoms with Gasteiger partial charge in [-0.2, -0.15) is 4.98 Å². The van der Waals surface area contributed by atoms with Crippen LogP contribution < -0.4 is 10.6 Å². The summed E-state index contributed by atoms with van der Waals surface area (Å²) in [5, 5.41) is 10.8. The first-order valence-corrected chi connectivity index (χ1v) is 9.65. The smallest absolute Gasteiger partial charge is 0.248 e. The van der Waals surface area contributed by atoms with Crippen molar-refractivity contribution >= 4 is 5.96 Å². The van der Waals surface area contributed by atoms with Crippen molar-refractivity contribution in [3.8, 4) is 0 Å². The Morgan fingerprint density at radius 1 is 1.36 bits per heavy atom. The molecule has 25 heavy (non-hydrogen) atoms. The molecule has 2 N–H and O–H groups in total. The van der Waals surface area contributed by atoms with Gasteiger partial charge in [-0.25, -0.2) is 4.99 Å². The average molecular weight is 351 g/mol. The van der Waals surface area contributed by atoms with E-state index in [1.54, 1.807) is 0 Å². The summed E-state index contributed by atoms with van der Waals surface area (Å²) in [7, 11) is 0. The van der Waals surface area contributed by atoms with Crippen molar-refractivity contribution in [2.75, 3.05) is 13.2 Å². The lowest BCUT2D eigenvalue weighted by Gasteiger charge is -2.30. The summed E-state index contributed by atoms with van der Waals surface area (Å²) in [5.74, 6) is 2.73. The predicted octanol–water partition coefficient (Wildman–Crippen LogP) is 3.19. The molecule has 7 nitrogen and oxygen atoms in total. The molecule has 1 aromatic heterocycles. The van der Waals surface area contributed by atoms with Gasteiger partial charge in [0.15, 0.2) is 11.8 Å². The molecular formula is C18H33N5O2. The lowest BCUT2D eigenvalue weighted by molar-refractivity contribution is 0.0683. The van der Waals surface area contributed by atoms with Crippen molar-refractivity contribution in [1.82, 2.24) is 20.8 Å². The van der Waals surface area contributed by atoms with Gasteiger partial charge in [0.1, 0.15) is 12.6 Å². The Kier molecular flexibility index (Phi) is 8.18. The highest BCUT2D eigenvalue weighted by atomic mass is 16.5. The summed E-state index contributed by atoms with van der Waals surface area (Å²) >= 11 is 0. The molecule has 2 rings (SSSR count). The van der Waals surface area contributed by atoms with E-state index in [1.807, 2.05) is 13.8 Å². The summed E-state index contributed by atoms with van der Waals surface area (Å²) in [6, 6.07) is 0.493. The van der Waals surface area contributed by atoms with E-state index >= 15 is 0 Å². The number of nitrogens with zero attached hydrogens (tertiary/aromatic N) is 3. The third kappa shape index (κ3) is 6.30. The molecule has 0 aliphatic heterocycles. The van der Waals surface area contributed by atoms with Crippen LogP contribution in [0.5, 0.6) is 0 Å². The van der Waals surface area contributed by atoms with Gasteiger partial charge in [-0.1, -0.05) is 31.3 Å². The molecule has 1 saturated carbocycles.